The van der Waals surface area contributed by atoms with Gasteiger partial charge in [-0.1, -0.05) is 131 Å². The van der Waals surface area contributed by atoms with Gasteiger partial charge in [-0.15, -0.1) is 34.0 Å². The van der Waals surface area contributed by atoms with Crippen LogP contribution in [0.1, 0.15) is 152 Å². The summed E-state index contributed by atoms with van der Waals surface area (Å²) in [6.07, 6.45) is 14.4. The van der Waals surface area contributed by atoms with Gasteiger partial charge in [0, 0.05) is 47.6 Å². The Hall–Kier alpha value is -9.72. The molecule has 0 unspecified atom stereocenters. The van der Waals surface area contributed by atoms with Gasteiger partial charge >= 0.3 is 17.9 Å². The molecule has 0 atom stereocenters. The van der Waals surface area contributed by atoms with Crippen molar-refractivity contribution >= 4 is 75.5 Å². The molecule has 1 aliphatic rings. The molecule has 6 N–H and O–H groups in total. The van der Waals surface area contributed by atoms with Crippen molar-refractivity contribution in [1.29, 1.82) is 0 Å². The van der Waals surface area contributed by atoms with Crippen molar-refractivity contribution in [2.45, 2.75) is 125 Å². The molecule has 1 fully saturated rings. The molecule has 9 aromatic rings. The third-order valence-corrected chi connectivity index (χ3v) is 18.6. The van der Waals surface area contributed by atoms with E-state index in [2.05, 4.69) is 74.0 Å². The zero-order valence-electron chi connectivity index (χ0n) is 58.1. The second-order valence-corrected chi connectivity index (χ2v) is 27.1. The standard InChI is InChI=1S/C25H28N2O.C18H20N2O4S.C17H20N2O4S.C17H21NO5S/c1-3-4-5-6-7-20-9-11-21(12-10-20)22-13-15-23(16-14-22)25(28)27-24-17-8-19(2)18-26-24;1-11-16(24-10-15(21)19-14-4-2-3-5-14)20-17(25-11)12-6-8-13(9-7-12)18(22)23;1-3-4-9-18-14(20)10-23-15-11(2)24-16(19-15)12-5-7-13(8-6-12)17(21)22;1-3-21-8-9-22-10-11-23-15-12(2)24-16(18-15)13-4-6-14(7-5-13)17(19)20/h8-18H,3-7H2,1-2H3,(H,26,27,28);6-9,14H,2-5,10H2,1H3,(H,19,21)(H,22,23);5-8H,3-4,9-10H2,1-2H3,(H,18,20)(H,21,22);4-7H,3,8-11H2,1-2H3,(H,19,20). The lowest BCUT2D eigenvalue weighted by Gasteiger charge is -2.11. The molecular weight excluding hydrogens is 1340 g/mol. The molecule has 0 aliphatic heterocycles. The third kappa shape index (κ3) is 26.4. The molecule has 24 heteroatoms. The number of aromatic carboxylic acids is 3. The number of hydrogen-bond donors (Lipinski definition) is 6. The van der Waals surface area contributed by atoms with Crippen LogP contribution in [0.2, 0.25) is 0 Å². The first-order chi connectivity index (χ1) is 48.8. The number of rotatable bonds is 32. The number of nitrogens with zero attached hydrogens (tertiary/aromatic N) is 4. The number of unbranched alkanes of at least 4 members (excludes halogenated alkanes) is 4. The topological polar surface area (TPSA) is 297 Å². The Balaban J connectivity index is 0.000000189. The minimum Gasteiger partial charge on any atom is -0.478 e. The molecule has 101 heavy (non-hydrogen) atoms. The number of aryl methyl sites for hydroxylation is 5. The molecule has 4 heterocycles. The lowest BCUT2D eigenvalue weighted by molar-refractivity contribution is -0.124. The van der Waals surface area contributed by atoms with Crippen LogP contribution in [0.25, 0.3) is 42.8 Å². The van der Waals surface area contributed by atoms with E-state index in [1.165, 1.54) is 95.8 Å². The Labute approximate surface area is 601 Å². The number of nitrogens with one attached hydrogen (secondary N) is 3. The fraction of sp³-hybridized carbons (Fsp3) is 0.351. The van der Waals surface area contributed by atoms with Crippen LogP contribution >= 0.6 is 34.0 Å². The summed E-state index contributed by atoms with van der Waals surface area (Å²) in [5.74, 6) is -1.26. The molecule has 4 aromatic heterocycles. The molecule has 3 amide bonds. The number of carboxylic acids is 3. The molecule has 0 spiro atoms. The number of anilines is 1. The van der Waals surface area contributed by atoms with Crippen molar-refractivity contribution in [3.63, 3.8) is 0 Å². The maximum atomic E-state index is 12.4. The van der Waals surface area contributed by atoms with Gasteiger partial charge in [0.2, 0.25) is 17.6 Å². The molecule has 21 nitrogen and oxygen atoms in total. The maximum absolute atomic E-state index is 12.4. The molecule has 0 saturated heterocycles. The molecule has 1 aliphatic carbocycles. The quantitative estimate of drug-likeness (QED) is 0.0214. The zero-order chi connectivity index (χ0) is 72.5. The highest BCUT2D eigenvalue weighted by Gasteiger charge is 2.20. The molecule has 0 bridgehead atoms. The van der Waals surface area contributed by atoms with Gasteiger partial charge in [-0.05, 0) is 144 Å². The Morgan fingerprint density at radius 1 is 0.475 bits per heavy atom. The first-order valence-electron chi connectivity index (χ1n) is 33.8. The number of carbonyl (C=O) groups is 6. The minimum atomic E-state index is -0.963. The number of amides is 3. The van der Waals surface area contributed by atoms with Gasteiger partial charge in [0.15, 0.2) is 13.2 Å². The molecule has 10 rings (SSSR count). The average Bonchev–Trinajstić information content (AvgIpc) is 1.76. The number of carbonyl (C=O) groups excluding carboxylic acids is 3. The van der Waals surface area contributed by atoms with E-state index in [4.69, 9.17) is 39.0 Å². The van der Waals surface area contributed by atoms with Gasteiger partial charge in [-0.3, -0.25) is 14.4 Å². The number of carboxylic acid groups (broad SMARTS) is 3. The van der Waals surface area contributed by atoms with E-state index in [0.29, 0.717) is 68.6 Å². The Morgan fingerprint density at radius 2 is 0.911 bits per heavy atom. The van der Waals surface area contributed by atoms with Crippen molar-refractivity contribution < 1.29 is 67.8 Å². The van der Waals surface area contributed by atoms with Gasteiger partial charge in [0.1, 0.15) is 27.4 Å². The summed E-state index contributed by atoms with van der Waals surface area (Å²) in [7, 11) is 0. The molecule has 5 aromatic carbocycles. The van der Waals surface area contributed by atoms with E-state index < -0.39 is 17.9 Å². The van der Waals surface area contributed by atoms with Crippen molar-refractivity contribution in [3.8, 4) is 60.5 Å². The van der Waals surface area contributed by atoms with Gasteiger partial charge in [0.25, 0.3) is 17.7 Å². The SMILES string of the molecule is CCCCCCc1ccc(-c2ccc(C(=O)Nc3ccc(C)cn3)cc2)cc1.CCCCNC(=O)COc1nc(-c2ccc(C(=O)O)cc2)sc1C.CCOCCOCCOc1nc(-c2ccc(C(=O)O)cc2)sc1C.Cc1sc(-c2ccc(C(=O)O)cc2)nc1OCC(=O)NC1CCCC1. The van der Waals surface area contributed by atoms with Crippen LogP contribution in [0.5, 0.6) is 17.6 Å². The van der Waals surface area contributed by atoms with Crippen LogP contribution in [0.4, 0.5) is 5.82 Å². The largest absolute Gasteiger partial charge is 0.478 e. The maximum Gasteiger partial charge on any atom is 0.335 e. The number of benzene rings is 5. The van der Waals surface area contributed by atoms with Gasteiger partial charge < -0.3 is 55.0 Å². The van der Waals surface area contributed by atoms with Crippen LogP contribution < -0.4 is 30.2 Å². The summed E-state index contributed by atoms with van der Waals surface area (Å²) in [5, 5.41) is 37.7. The number of aromatic nitrogens is 4. The minimum absolute atomic E-state index is 0.0432. The fourth-order valence-electron chi connectivity index (χ4n) is 9.97. The van der Waals surface area contributed by atoms with Gasteiger partial charge in [0.05, 0.1) is 51.1 Å². The highest BCUT2D eigenvalue weighted by Crippen LogP contribution is 2.35. The lowest BCUT2D eigenvalue weighted by atomic mass is 10.00. The van der Waals surface area contributed by atoms with Crippen LogP contribution in [0, 0.1) is 27.7 Å². The molecular formula is C77H89N7O14S3. The second kappa shape index (κ2) is 41.8. The van der Waals surface area contributed by atoms with E-state index in [0.717, 1.165) is 89.6 Å². The van der Waals surface area contributed by atoms with Crippen molar-refractivity contribution in [3.05, 3.63) is 188 Å². The highest BCUT2D eigenvalue weighted by molar-refractivity contribution is 7.15. The fourth-order valence-corrected chi connectivity index (χ4v) is 12.6. The van der Waals surface area contributed by atoms with E-state index in [-0.39, 0.29) is 53.7 Å². The summed E-state index contributed by atoms with van der Waals surface area (Å²) in [6.45, 7) is 17.2. The Morgan fingerprint density at radius 3 is 1.37 bits per heavy atom. The van der Waals surface area contributed by atoms with Crippen molar-refractivity contribution in [1.82, 2.24) is 30.6 Å². The van der Waals surface area contributed by atoms with E-state index in [1.54, 1.807) is 66.9 Å². The molecule has 1 saturated carbocycles. The van der Waals surface area contributed by atoms with Gasteiger partial charge in [-0.25, -0.2) is 34.3 Å². The normalized spacial score (nSPS) is 11.6. The van der Waals surface area contributed by atoms with Crippen LogP contribution in [0.15, 0.2) is 140 Å². The zero-order valence-corrected chi connectivity index (χ0v) is 60.6. The monoisotopic (exact) mass is 1430 g/mol. The van der Waals surface area contributed by atoms with Crippen molar-refractivity contribution in [2.24, 2.45) is 0 Å². The van der Waals surface area contributed by atoms with Crippen LogP contribution in [-0.4, -0.2) is 130 Å². The third-order valence-electron chi connectivity index (χ3n) is 15.6. The van der Waals surface area contributed by atoms with E-state index in [1.807, 2.05) is 71.0 Å². The summed E-state index contributed by atoms with van der Waals surface area (Å²) >= 11 is 4.40. The smallest absolute Gasteiger partial charge is 0.335 e. The first kappa shape index (κ1) is 78.6. The predicted octanol–water partition coefficient (Wildman–Crippen LogP) is 16.0. The van der Waals surface area contributed by atoms with E-state index >= 15 is 0 Å². The van der Waals surface area contributed by atoms with Crippen LogP contribution in [-0.2, 0) is 25.5 Å². The predicted molar refractivity (Wildman–Crippen MR) is 397 cm³/mol. The summed E-state index contributed by atoms with van der Waals surface area (Å²) in [4.78, 5) is 88.9. The second-order valence-electron chi connectivity index (χ2n) is 23.5. The first-order valence-corrected chi connectivity index (χ1v) is 36.2. The van der Waals surface area contributed by atoms with Crippen molar-refractivity contribution in [2.75, 3.05) is 58.1 Å². The Bertz CT molecular complexity index is 4060. The van der Waals surface area contributed by atoms with E-state index in [9.17, 15) is 28.8 Å². The summed E-state index contributed by atoms with van der Waals surface area (Å²) in [5.41, 5.74) is 8.59. The lowest BCUT2D eigenvalue weighted by Crippen LogP contribution is -2.36. The molecule has 534 valence electrons. The number of thiazole rings is 3. The van der Waals surface area contributed by atoms with Crippen LogP contribution in [0.3, 0.4) is 0 Å². The van der Waals surface area contributed by atoms with Gasteiger partial charge in [-0.2, -0.15) is 0 Å². The highest BCUT2D eigenvalue weighted by atomic mass is 32.1. The summed E-state index contributed by atoms with van der Waals surface area (Å²) < 4.78 is 27.3. The average molecular weight is 1430 g/mol. The number of pyridine rings is 1. The molecule has 0 radical (unpaired) electrons. The number of hydrogen-bond acceptors (Lipinski definition) is 18. The Kier molecular flexibility index (Phi) is 32.5. The summed E-state index contributed by atoms with van der Waals surface area (Å²) in [6, 6.07) is 40.2. The number of ether oxygens (including phenoxy) is 5.